The summed E-state index contributed by atoms with van der Waals surface area (Å²) in [5, 5.41) is 5.64. The summed E-state index contributed by atoms with van der Waals surface area (Å²) in [6.07, 6.45) is 0. The maximum atomic E-state index is 12.7. The normalized spacial score (nSPS) is 14.2. The Morgan fingerprint density at radius 2 is 1.61 bits per heavy atom. The number of anilines is 2. The Kier molecular flexibility index (Phi) is 6.14. The maximum absolute atomic E-state index is 12.7. The Balaban J connectivity index is 1.42. The van der Waals surface area contributed by atoms with E-state index in [9.17, 15) is 9.59 Å². The van der Waals surface area contributed by atoms with Crippen LogP contribution in [0, 0.1) is 5.92 Å². The van der Waals surface area contributed by atoms with Gasteiger partial charge >= 0.3 is 0 Å². The first-order chi connectivity index (χ1) is 14.9. The lowest BCUT2D eigenvalue weighted by Gasteiger charge is -2.37. The molecule has 3 aromatic carbocycles. The number of nitrogens with zero attached hydrogens (tertiary/aromatic N) is 2. The van der Waals surface area contributed by atoms with Crippen LogP contribution in [-0.4, -0.2) is 42.9 Å². The first-order valence-electron chi connectivity index (χ1n) is 10.6. The molecule has 160 valence electrons. The van der Waals surface area contributed by atoms with Gasteiger partial charge in [-0.25, -0.2) is 0 Å². The fourth-order valence-corrected chi connectivity index (χ4v) is 4.21. The van der Waals surface area contributed by atoms with Gasteiger partial charge in [0.05, 0.1) is 10.7 Å². The monoisotopic (exact) mass is 435 g/mol. The van der Waals surface area contributed by atoms with Crippen molar-refractivity contribution in [2.75, 3.05) is 36.4 Å². The molecule has 3 aromatic rings. The van der Waals surface area contributed by atoms with Crippen molar-refractivity contribution in [2.24, 2.45) is 5.92 Å². The van der Waals surface area contributed by atoms with Crippen LogP contribution in [0.1, 0.15) is 24.2 Å². The van der Waals surface area contributed by atoms with Crippen molar-refractivity contribution in [3.63, 3.8) is 0 Å². The summed E-state index contributed by atoms with van der Waals surface area (Å²) < 4.78 is 0. The Hall–Kier alpha value is -3.05. The molecule has 0 unspecified atom stereocenters. The smallest absolute Gasteiger partial charge is 0.255 e. The topological polar surface area (TPSA) is 52.7 Å². The average molecular weight is 436 g/mol. The molecule has 1 saturated heterocycles. The maximum Gasteiger partial charge on any atom is 0.255 e. The van der Waals surface area contributed by atoms with E-state index in [1.165, 1.54) is 0 Å². The van der Waals surface area contributed by atoms with Crippen molar-refractivity contribution in [1.82, 2.24) is 4.90 Å². The number of amides is 2. The Morgan fingerprint density at radius 1 is 0.903 bits per heavy atom. The van der Waals surface area contributed by atoms with Crippen molar-refractivity contribution in [2.45, 2.75) is 13.8 Å². The summed E-state index contributed by atoms with van der Waals surface area (Å²) in [6.45, 7) is 6.70. The van der Waals surface area contributed by atoms with E-state index in [0.29, 0.717) is 29.4 Å². The van der Waals surface area contributed by atoms with Crippen molar-refractivity contribution in [3.8, 4) is 0 Å². The highest BCUT2D eigenvalue weighted by Gasteiger charge is 2.24. The molecule has 0 saturated carbocycles. The summed E-state index contributed by atoms with van der Waals surface area (Å²) in [4.78, 5) is 29.0. The van der Waals surface area contributed by atoms with Gasteiger partial charge in [-0.15, -0.1) is 0 Å². The highest BCUT2D eigenvalue weighted by Crippen LogP contribution is 2.30. The number of nitrogens with one attached hydrogen (secondary N) is 1. The molecule has 2 amide bonds. The second-order valence-electron chi connectivity index (χ2n) is 8.15. The summed E-state index contributed by atoms with van der Waals surface area (Å²) in [6, 6.07) is 19.2. The lowest BCUT2D eigenvalue weighted by Crippen LogP contribution is -2.50. The van der Waals surface area contributed by atoms with E-state index >= 15 is 0 Å². The third-order valence-electron chi connectivity index (χ3n) is 5.64. The lowest BCUT2D eigenvalue weighted by atomic mass is 10.1. The van der Waals surface area contributed by atoms with Crippen molar-refractivity contribution in [1.29, 1.82) is 0 Å². The minimum Gasteiger partial charge on any atom is -0.367 e. The SMILES string of the molecule is CC(C)C(=O)N1CCN(c2ccc(NC(=O)c3ccc4ccccc4c3)cc2Cl)CC1. The summed E-state index contributed by atoms with van der Waals surface area (Å²) in [5.74, 6) is 0.0357. The number of carbonyl (C=O) groups excluding carboxylic acids is 2. The van der Waals surface area contributed by atoms with Crippen LogP contribution in [-0.2, 0) is 4.79 Å². The molecular formula is C25H26ClN3O2. The Morgan fingerprint density at radius 3 is 2.29 bits per heavy atom. The van der Waals surface area contributed by atoms with Crippen LogP contribution in [0.4, 0.5) is 11.4 Å². The molecule has 1 aliphatic rings. The number of fused-ring (bicyclic) bond motifs is 1. The fourth-order valence-electron chi connectivity index (χ4n) is 3.91. The highest BCUT2D eigenvalue weighted by atomic mass is 35.5. The summed E-state index contributed by atoms with van der Waals surface area (Å²) in [7, 11) is 0. The van der Waals surface area contributed by atoms with Crippen LogP contribution < -0.4 is 10.2 Å². The van der Waals surface area contributed by atoms with Crippen LogP contribution in [0.15, 0.2) is 60.7 Å². The molecule has 0 aliphatic carbocycles. The third-order valence-corrected chi connectivity index (χ3v) is 5.95. The molecule has 1 N–H and O–H groups in total. The number of piperazine rings is 1. The van der Waals surface area contributed by atoms with E-state index in [1.54, 1.807) is 6.07 Å². The minimum atomic E-state index is -0.171. The highest BCUT2D eigenvalue weighted by molar-refractivity contribution is 6.33. The second kappa shape index (κ2) is 8.98. The van der Waals surface area contributed by atoms with E-state index in [-0.39, 0.29) is 17.7 Å². The van der Waals surface area contributed by atoms with Gasteiger partial charge in [-0.3, -0.25) is 9.59 Å². The number of hydrogen-bond donors (Lipinski definition) is 1. The molecule has 0 atom stereocenters. The van der Waals surface area contributed by atoms with Crippen LogP contribution in [0.25, 0.3) is 10.8 Å². The molecule has 0 aromatic heterocycles. The van der Waals surface area contributed by atoms with E-state index < -0.39 is 0 Å². The number of rotatable bonds is 4. The van der Waals surface area contributed by atoms with Crippen LogP contribution in [0.5, 0.6) is 0 Å². The van der Waals surface area contributed by atoms with Gasteiger partial charge in [-0.2, -0.15) is 0 Å². The molecular weight excluding hydrogens is 410 g/mol. The zero-order valence-corrected chi connectivity index (χ0v) is 18.5. The minimum absolute atomic E-state index is 0.0145. The number of benzene rings is 3. The Labute approximate surface area is 187 Å². The third kappa shape index (κ3) is 4.67. The molecule has 1 heterocycles. The summed E-state index contributed by atoms with van der Waals surface area (Å²) in [5.41, 5.74) is 2.17. The van der Waals surface area contributed by atoms with E-state index in [1.807, 2.05) is 73.3 Å². The molecule has 1 fully saturated rings. The molecule has 31 heavy (non-hydrogen) atoms. The van der Waals surface area contributed by atoms with Crippen molar-refractivity contribution < 1.29 is 9.59 Å². The van der Waals surface area contributed by atoms with Gasteiger partial charge in [-0.05, 0) is 41.1 Å². The summed E-state index contributed by atoms with van der Waals surface area (Å²) >= 11 is 6.55. The predicted molar refractivity (Wildman–Crippen MR) is 127 cm³/mol. The molecule has 1 aliphatic heterocycles. The fraction of sp³-hybridized carbons (Fsp3) is 0.280. The standard InChI is InChI=1S/C25H26ClN3O2/c1-17(2)25(31)29-13-11-28(12-14-29)23-10-9-21(16-22(23)26)27-24(30)20-8-7-18-5-3-4-6-19(18)15-20/h3-10,15-17H,11-14H2,1-2H3,(H,27,30). The van der Waals surface area contributed by atoms with E-state index in [2.05, 4.69) is 10.2 Å². The van der Waals surface area contributed by atoms with Crippen LogP contribution in [0.2, 0.25) is 5.02 Å². The molecule has 0 spiro atoms. The largest absolute Gasteiger partial charge is 0.367 e. The average Bonchev–Trinajstić information content (AvgIpc) is 2.78. The molecule has 5 nitrogen and oxygen atoms in total. The Bertz CT molecular complexity index is 1120. The van der Waals surface area contributed by atoms with Gasteiger partial charge < -0.3 is 15.1 Å². The van der Waals surface area contributed by atoms with Crippen molar-refractivity contribution >= 4 is 45.6 Å². The van der Waals surface area contributed by atoms with Gasteiger partial charge in [0.2, 0.25) is 5.91 Å². The first-order valence-corrected chi connectivity index (χ1v) is 10.9. The van der Waals surface area contributed by atoms with E-state index in [0.717, 1.165) is 29.5 Å². The molecule has 4 rings (SSSR count). The van der Waals surface area contributed by atoms with Gasteiger partial charge in [0.15, 0.2) is 0 Å². The lowest BCUT2D eigenvalue weighted by molar-refractivity contribution is -0.134. The van der Waals surface area contributed by atoms with Gasteiger partial charge in [-0.1, -0.05) is 55.8 Å². The van der Waals surface area contributed by atoms with E-state index in [4.69, 9.17) is 11.6 Å². The molecule has 0 bridgehead atoms. The zero-order chi connectivity index (χ0) is 22.0. The predicted octanol–water partition coefficient (Wildman–Crippen LogP) is 5.05. The molecule has 0 radical (unpaired) electrons. The van der Waals surface area contributed by atoms with Crippen molar-refractivity contribution in [3.05, 3.63) is 71.2 Å². The van der Waals surface area contributed by atoms with Crippen LogP contribution in [0.3, 0.4) is 0 Å². The molecule has 6 heteroatoms. The quantitative estimate of drug-likeness (QED) is 0.623. The van der Waals surface area contributed by atoms with Gasteiger partial charge in [0, 0.05) is 43.3 Å². The van der Waals surface area contributed by atoms with Gasteiger partial charge in [0.25, 0.3) is 5.91 Å². The van der Waals surface area contributed by atoms with Gasteiger partial charge in [0.1, 0.15) is 0 Å². The first kappa shape index (κ1) is 21.2. The van der Waals surface area contributed by atoms with Crippen LogP contribution >= 0.6 is 11.6 Å². The zero-order valence-electron chi connectivity index (χ0n) is 17.8. The number of halogens is 1. The number of carbonyl (C=O) groups is 2. The second-order valence-corrected chi connectivity index (χ2v) is 8.56. The number of hydrogen-bond acceptors (Lipinski definition) is 3.